The number of aromatic hydroxyl groups is 1. The van der Waals surface area contributed by atoms with Crippen LogP contribution in [-0.4, -0.2) is 30.8 Å². The second-order valence-electron chi connectivity index (χ2n) is 7.83. The van der Waals surface area contributed by atoms with Crippen molar-refractivity contribution in [2.45, 2.75) is 96.8 Å². The number of esters is 1. The van der Waals surface area contributed by atoms with Gasteiger partial charge in [0.25, 0.3) is 0 Å². The smallest absolute Gasteiger partial charge is 0.341 e. The Labute approximate surface area is 184 Å². The summed E-state index contributed by atoms with van der Waals surface area (Å²) in [5.74, 6) is -0.448. The summed E-state index contributed by atoms with van der Waals surface area (Å²) in [6.45, 7) is 3.90. The van der Waals surface area contributed by atoms with E-state index in [9.17, 15) is 9.90 Å². The van der Waals surface area contributed by atoms with Gasteiger partial charge in [-0.15, -0.1) is 0 Å². The maximum Gasteiger partial charge on any atom is 0.341 e. The first-order chi connectivity index (χ1) is 14.7. The summed E-state index contributed by atoms with van der Waals surface area (Å²) < 4.78 is 5.22. The van der Waals surface area contributed by atoms with Crippen molar-refractivity contribution in [1.82, 2.24) is 0 Å². The second kappa shape index (κ2) is 22.1. The van der Waals surface area contributed by atoms with Gasteiger partial charge in [-0.2, -0.15) is 0 Å². The van der Waals surface area contributed by atoms with Gasteiger partial charge in [-0.1, -0.05) is 103 Å². The van der Waals surface area contributed by atoms with Gasteiger partial charge in [-0.05, 0) is 18.6 Å². The normalized spacial score (nSPS) is 10.4. The van der Waals surface area contributed by atoms with Crippen molar-refractivity contribution in [3.05, 3.63) is 29.8 Å². The van der Waals surface area contributed by atoms with E-state index in [4.69, 9.17) is 16.2 Å². The van der Waals surface area contributed by atoms with Crippen molar-refractivity contribution < 1.29 is 14.6 Å². The first-order valence-electron chi connectivity index (χ1n) is 12.0. The third-order valence-corrected chi connectivity index (χ3v) is 5.02. The Morgan fingerprint density at radius 2 is 1.20 bits per heavy atom. The number of hydrogen-bond acceptors (Lipinski definition) is 5. The Morgan fingerprint density at radius 3 is 1.63 bits per heavy atom. The lowest BCUT2D eigenvalue weighted by atomic mass is 10.0. The van der Waals surface area contributed by atoms with Crippen LogP contribution in [0.2, 0.25) is 0 Å². The number of para-hydroxylation sites is 1. The first-order valence-corrected chi connectivity index (χ1v) is 12.0. The molecule has 5 heteroatoms. The van der Waals surface area contributed by atoms with Gasteiger partial charge in [0.05, 0.1) is 6.61 Å². The van der Waals surface area contributed by atoms with Crippen LogP contribution in [0.25, 0.3) is 0 Å². The minimum Gasteiger partial charge on any atom is -0.507 e. The molecule has 1 aromatic carbocycles. The molecule has 0 saturated carbocycles. The minimum absolute atomic E-state index is 0.0153. The molecule has 0 atom stereocenters. The van der Waals surface area contributed by atoms with Gasteiger partial charge < -0.3 is 21.3 Å². The minimum atomic E-state index is -0.433. The summed E-state index contributed by atoms with van der Waals surface area (Å²) in [5.41, 5.74) is 10.1. The van der Waals surface area contributed by atoms with E-state index in [0.29, 0.717) is 19.7 Å². The Balaban J connectivity index is 0.00000192. The molecule has 0 spiro atoms. The molecule has 0 aliphatic rings. The second-order valence-corrected chi connectivity index (χ2v) is 7.83. The topological polar surface area (TPSA) is 98.6 Å². The van der Waals surface area contributed by atoms with E-state index < -0.39 is 5.97 Å². The predicted molar refractivity (Wildman–Crippen MR) is 127 cm³/mol. The van der Waals surface area contributed by atoms with Crippen molar-refractivity contribution in [3.8, 4) is 5.75 Å². The lowest BCUT2D eigenvalue weighted by Crippen LogP contribution is -2.11. The van der Waals surface area contributed by atoms with E-state index in [0.717, 1.165) is 12.8 Å². The van der Waals surface area contributed by atoms with Crippen molar-refractivity contribution in [2.75, 3.05) is 19.7 Å². The van der Waals surface area contributed by atoms with Crippen LogP contribution in [0.4, 0.5) is 0 Å². The maximum atomic E-state index is 11.8. The van der Waals surface area contributed by atoms with Gasteiger partial charge in [-0.25, -0.2) is 4.79 Å². The van der Waals surface area contributed by atoms with Gasteiger partial charge in [0.2, 0.25) is 0 Å². The highest BCUT2D eigenvalue weighted by Gasteiger charge is 2.10. The van der Waals surface area contributed by atoms with Crippen molar-refractivity contribution in [2.24, 2.45) is 11.5 Å². The molecule has 5 N–H and O–H groups in total. The summed E-state index contributed by atoms with van der Waals surface area (Å²) in [4.78, 5) is 11.8. The Bertz CT molecular complexity index is 507. The van der Waals surface area contributed by atoms with Crippen LogP contribution in [0.15, 0.2) is 24.3 Å². The standard InChI is InChI=1S/C23H38O3.C2H8N2/c1-2-3-4-5-6-7-8-9-10-11-12-13-14-17-20-26-23(25)21-18-15-16-19-22(21)24;3-1-2-4/h15-16,18-19,24H,2-14,17,20H2,1H3;1-4H2. The molecule has 1 rings (SSSR count). The van der Waals surface area contributed by atoms with Crippen molar-refractivity contribution >= 4 is 5.97 Å². The molecule has 0 unspecified atom stereocenters. The molecule has 0 radical (unpaired) electrons. The lowest BCUT2D eigenvalue weighted by molar-refractivity contribution is 0.0494. The molecule has 0 aliphatic carbocycles. The number of carbonyl (C=O) groups is 1. The number of ether oxygens (including phenoxy) is 1. The number of rotatable bonds is 17. The Hall–Kier alpha value is -1.59. The zero-order valence-corrected chi connectivity index (χ0v) is 19.2. The SMILES string of the molecule is CCCCCCCCCCCCCCCCOC(=O)c1ccccc1O.NCCN. The van der Waals surface area contributed by atoms with Gasteiger partial charge in [0.1, 0.15) is 11.3 Å². The summed E-state index contributed by atoms with van der Waals surface area (Å²) in [6.07, 6.45) is 18.3. The van der Waals surface area contributed by atoms with Gasteiger partial charge in [0, 0.05) is 13.1 Å². The van der Waals surface area contributed by atoms with E-state index in [1.807, 2.05) is 0 Å². The average Bonchev–Trinajstić information content (AvgIpc) is 2.76. The van der Waals surface area contributed by atoms with Crippen LogP contribution in [0.1, 0.15) is 107 Å². The number of hydrogen-bond donors (Lipinski definition) is 3. The van der Waals surface area contributed by atoms with Gasteiger partial charge in [-0.3, -0.25) is 0 Å². The van der Waals surface area contributed by atoms with Gasteiger partial charge >= 0.3 is 5.97 Å². The van der Waals surface area contributed by atoms with Crippen LogP contribution >= 0.6 is 0 Å². The fourth-order valence-corrected chi connectivity index (χ4v) is 3.19. The number of carbonyl (C=O) groups excluding carboxylic acids is 1. The molecule has 0 saturated heterocycles. The molecule has 0 aliphatic heterocycles. The molecule has 5 nitrogen and oxygen atoms in total. The predicted octanol–water partition coefficient (Wildman–Crippen LogP) is 5.93. The monoisotopic (exact) mass is 422 g/mol. The summed E-state index contributed by atoms with van der Waals surface area (Å²) in [5, 5.41) is 9.61. The molecular formula is C25H46N2O3. The van der Waals surface area contributed by atoms with E-state index in [-0.39, 0.29) is 11.3 Å². The number of phenolic OH excluding ortho intramolecular Hbond substituents is 1. The molecular weight excluding hydrogens is 376 g/mol. The fourth-order valence-electron chi connectivity index (χ4n) is 3.19. The molecule has 0 heterocycles. The van der Waals surface area contributed by atoms with E-state index in [2.05, 4.69) is 6.92 Å². The average molecular weight is 423 g/mol. The zero-order chi connectivity index (χ0) is 22.3. The summed E-state index contributed by atoms with van der Waals surface area (Å²) >= 11 is 0. The molecule has 0 amide bonds. The first kappa shape index (κ1) is 28.4. The Morgan fingerprint density at radius 1 is 0.767 bits per heavy atom. The van der Waals surface area contributed by atoms with E-state index >= 15 is 0 Å². The molecule has 1 aromatic rings. The van der Waals surface area contributed by atoms with Crippen LogP contribution < -0.4 is 11.5 Å². The van der Waals surface area contributed by atoms with Crippen molar-refractivity contribution in [3.63, 3.8) is 0 Å². The summed E-state index contributed by atoms with van der Waals surface area (Å²) in [6, 6.07) is 6.51. The third kappa shape index (κ3) is 17.3. The molecule has 0 bridgehead atoms. The lowest BCUT2D eigenvalue weighted by Gasteiger charge is -2.06. The van der Waals surface area contributed by atoms with E-state index in [1.54, 1.807) is 18.2 Å². The van der Waals surface area contributed by atoms with Crippen molar-refractivity contribution in [1.29, 1.82) is 0 Å². The zero-order valence-electron chi connectivity index (χ0n) is 19.2. The van der Waals surface area contributed by atoms with Crippen LogP contribution in [0.3, 0.4) is 0 Å². The number of phenols is 1. The largest absolute Gasteiger partial charge is 0.507 e. The van der Waals surface area contributed by atoms with E-state index in [1.165, 1.54) is 83.1 Å². The molecule has 0 fully saturated rings. The quantitative estimate of drug-likeness (QED) is 0.213. The highest BCUT2D eigenvalue weighted by atomic mass is 16.5. The van der Waals surface area contributed by atoms with Crippen LogP contribution in [0, 0.1) is 0 Å². The number of nitrogens with two attached hydrogens (primary N) is 2. The Kier molecular flexibility index (Phi) is 20.9. The highest BCUT2D eigenvalue weighted by molar-refractivity contribution is 5.92. The van der Waals surface area contributed by atoms with Crippen LogP contribution in [0.5, 0.6) is 5.75 Å². The molecule has 0 aromatic heterocycles. The molecule has 174 valence electrons. The third-order valence-electron chi connectivity index (χ3n) is 5.02. The number of unbranched alkanes of at least 4 members (excludes halogenated alkanes) is 13. The summed E-state index contributed by atoms with van der Waals surface area (Å²) in [7, 11) is 0. The van der Waals surface area contributed by atoms with Gasteiger partial charge in [0.15, 0.2) is 0 Å². The fraction of sp³-hybridized carbons (Fsp3) is 0.720. The van der Waals surface area contributed by atoms with Crippen LogP contribution in [-0.2, 0) is 4.74 Å². The molecule has 30 heavy (non-hydrogen) atoms. The maximum absolute atomic E-state index is 11.8. The highest BCUT2D eigenvalue weighted by Crippen LogP contribution is 2.17. The number of benzene rings is 1.